The van der Waals surface area contributed by atoms with Gasteiger partial charge in [-0.2, -0.15) is 0 Å². The van der Waals surface area contributed by atoms with E-state index in [-0.39, 0.29) is 0 Å². The van der Waals surface area contributed by atoms with Gasteiger partial charge in [0, 0.05) is 33.3 Å². The van der Waals surface area contributed by atoms with Gasteiger partial charge in [0.05, 0.1) is 12.5 Å². The van der Waals surface area contributed by atoms with Crippen LogP contribution >= 0.6 is 0 Å². The topological polar surface area (TPSA) is 61.2 Å². The molecule has 0 fully saturated rings. The molecule has 86 valence electrons. The third-order valence-electron chi connectivity index (χ3n) is 2.25. The minimum atomic E-state index is 0.735. The molecule has 0 saturated carbocycles. The molecule has 6 heteroatoms. The molecule has 0 aliphatic rings. The van der Waals surface area contributed by atoms with Crippen molar-refractivity contribution in [1.29, 1.82) is 0 Å². The van der Waals surface area contributed by atoms with Crippen LogP contribution in [0.2, 0.25) is 0 Å². The van der Waals surface area contributed by atoms with E-state index in [1.807, 2.05) is 37.0 Å². The van der Waals surface area contributed by atoms with Crippen LogP contribution in [0.1, 0.15) is 5.56 Å². The maximum Gasteiger partial charge on any atom is 0.226 e. The monoisotopic (exact) mass is 221 g/mol. The molecule has 0 bridgehead atoms. The highest BCUT2D eigenvalue weighted by atomic mass is 16.3. The molecule has 0 radical (unpaired) electrons. The number of H-pyrrole nitrogens is 1. The van der Waals surface area contributed by atoms with Gasteiger partial charge in [-0.25, -0.2) is 0 Å². The standard InChI is InChI=1S/C10H15N5O/c1-14(2)9-11-10(13-12-9)15(3)6-8-4-5-16-7-8/h4-5,7H,6H2,1-3H3,(H,11,12,13). The molecule has 6 nitrogen and oxygen atoms in total. The lowest BCUT2D eigenvalue weighted by Crippen LogP contribution is -2.17. The van der Waals surface area contributed by atoms with Gasteiger partial charge in [0.2, 0.25) is 11.9 Å². The van der Waals surface area contributed by atoms with Crippen molar-refractivity contribution in [1.82, 2.24) is 15.2 Å². The number of aromatic amines is 1. The van der Waals surface area contributed by atoms with Gasteiger partial charge in [-0.3, -0.25) is 4.98 Å². The minimum absolute atomic E-state index is 0.735. The Balaban J connectivity index is 2.06. The number of hydrogen-bond donors (Lipinski definition) is 1. The highest BCUT2D eigenvalue weighted by molar-refractivity contribution is 5.37. The number of furan rings is 1. The fourth-order valence-corrected chi connectivity index (χ4v) is 1.35. The molecule has 2 heterocycles. The fraction of sp³-hybridized carbons (Fsp3) is 0.400. The van der Waals surface area contributed by atoms with Gasteiger partial charge >= 0.3 is 0 Å². The molecule has 0 atom stereocenters. The van der Waals surface area contributed by atoms with Crippen LogP contribution in [0.15, 0.2) is 23.0 Å². The molecule has 16 heavy (non-hydrogen) atoms. The Morgan fingerprint density at radius 2 is 2.00 bits per heavy atom. The van der Waals surface area contributed by atoms with Crippen molar-refractivity contribution in [3.63, 3.8) is 0 Å². The molecule has 2 rings (SSSR count). The van der Waals surface area contributed by atoms with E-state index in [1.165, 1.54) is 0 Å². The van der Waals surface area contributed by atoms with Crippen LogP contribution in [0.3, 0.4) is 0 Å². The molecule has 0 spiro atoms. The zero-order chi connectivity index (χ0) is 11.5. The lowest BCUT2D eigenvalue weighted by molar-refractivity contribution is 0.563. The van der Waals surface area contributed by atoms with Crippen molar-refractivity contribution in [2.24, 2.45) is 0 Å². The quantitative estimate of drug-likeness (QED) is 0.837. The second-order valence-electron chi connectivity index (χ2n) is 3.85. The predicted octanol–water partition coefficient (Wildman–Crippen LogP) is 1.10. The van der Waals surface area contributed by atoms with E-state index >= 15 is 0 Å². The molecule has 0 saturated heterocycles. The van der Waals surface area contributed by atoms with Gasteiger partial charge in [0.25, 0.3) is 0 Å². The van der Waals surface area contributed by atoms with E-state index in [4.69, 9.17) is 4.42 Å². The van der Waals surface area contributed by atoms with E-state index < -0.39 is 0 Å². The van der Waals surface area contributed by atoms with E-state index in [1.54, 1.807) is 12.5 Å². The number of nitrogens with zero attached hydrogens (tertiary/aromatic N) is 4. The first-order valence-corrected chi connectivity index (χ1v) is 4.99. The summed E-state index contributed by atoms with van der Waals surface area (Å²) in [6.45, 7) is 0.735. The number of hydrogen-bond acceptors (Lipinski definition) is 5. The van der Waals surface area contributed by atoms with Crippen LogP contribution in [0, 0.1) is 0 Å². The van der Waals surface area contributed by atoms with Crippen LogP contribution in [0.25, 0.3) is 0 Å². The van der Waals surface area contributed by atoms with Crippen LogP contribution < -0.4 is 9.80 Å². The highest BCUT2D eigenvalue weighted by Gasteiger charge is 2.09. The van der Waals surface area contributed by atoms with E-state index in [9.17, 15) is 0 Å². The first kappa shape index (κ1) is 10.5. The summed E-state index contributed by atoms with van der Waals surface area (Å²) in [5, 5.41) is 8.09. The number of aromatic nitrogens is 3. The average molecular weight is 221 g/mol. The molecule has 0 aliphatic heterocycles. The third kappa shape index (κ3) is 2.16. The van der Waals surface area contributed by atoms with Gasteiger partial charge in [-0.05, 0) is 6.07 Å². The average Bonchev–Trinajstić information content (AvgIpc) is 2.86. The Morgan fingerprint density at radius 3 is 2.56 bits per heavy atom. The largest absolute Gasteiger partial charge is 0.472 e. The first-order valence-electron chi connectivity index (χ1n) is 4.99. The Bertz CT molecular complexity index is 434. The third-order valence-corrected chi connectivity index (χ3v) is 2.25. The SMILES string of the molecule is CN(C)c1nnc(N(C)Cc2ccoc2)[nH]1. The predicted molar refractivity (Wildman–Crippen MR) is 61.5 cm³/mol. The molecule has 0 unspecified atom stereocenters. The molecule has 0 amide bonds. The normalized spacial score (nSPS) is 10.4. The molecule has 2 aromatic rings. The smallest absolute Gasteiger partial charge is 0.226 e. The highest BCUT2D eigenvalue weighted by Crippen LogP contribution is 2.13. The van der Waals surface area contributed by atoms with Gasteiger partial charge in [0.1, 0.15) is 0 Å². The lowest BCUT2D eigenvalue weighted by atomic mass is 10.3. The van der Waals surface area contributed by atoms with Crippen LogP contribution in [-0.4, -0.2) is 36.3 Å². The van der Waals surface area contributed by atoms with Crippen molar-refractivity contribution < 1.29 is 4.42 Å². The summed E-state index contributed by atoms with van der Waals surface area (Å²) in [7, 11) is 5.79. The maximum absolute atomic E-state index is 5.01. The molecule has 1 N–H and O–H groups in total. The summed E-state index contributed by atoms with van der Waals surface area (Å²) < 4.78 is 5.01. The lowest BCUT2D eigenvalue weighted by Gasteiger charge is -2.13. The van der Waals surface area contributed by atoms with Crippen molar-refractivity contribution in [3.05, 3.63) is 24.2 Å². The number of anilines is 2. The maximum atomic E-state index is 5.01. The summed E-state index contributed by atoms with van der Waals surface area (Å²) >= 11 is 0. The summed E-state index contributed by atoms with van der Waals surface area (Å²) in [5.41, 5.74) is 1.10. The Hall–Kier alpha value is -1.98. The Morgan fingerprint density at radius 1 is 1.25 bits per heavy atom. The first-order chi connectivity index (χ1) is 7.66. The summed E-state index contributed by atoms with van der Waals surface area (Å²) in [6, 6.07) is 1.93. The van der Waals surface area contributed by atoms with Crippen molar-refractivity contribution in [2.45, 2.75) is 6.54 Å². The van der Waals surface area contributed by atoms with Crippen LogP contribution in [-0.2, 0) is 6.54 Å². The second kappa shape index (κ2) is 4.26. The summed E-state index contributed by atoms with van der Waals surface area (Å²) in [6.07, 6.45) is 3.38. The van der Waals surface area contributed by atoms with Gasteiger partial charge in [-0.15, -0.1) is 10.2 Å². The van der Waals surface area contributed by atoms with Crippen LogP contribution in [0.4, 0.5) is 11.9 Å². The molecule has 0 aromatic carbocycles. The Labute approximate surface area is 93.9 Å². The number of nitrogens with one attached hydrogen (secondary N) is 1. The van der Waals surface area contributed by atoms with E-state index in [0.717, 1.165) is 24.0 Å². The zero-order valence-electron chi connectivity index (χ0n) is 9.64. The van der Waals surface area contributed by atoms with Crippen molar-refractivity contribution in [3.8, 4) is 0 Å². The molecular formula is C10H15N5O. The second-order valence-corrected chi connectivity index (χ2v) is 3.85. The number of rotatable bonds is 4. The molecular weight excluding hydrogens is 206 g/mol. The minimum Gasteiger partial charge on any atom is -0.472 e. The molecule has 0 aliphatic carbocycles. The van der Waals surface area contributed by atoms with Gasteiger partial charge in [-0.1, -0.05) is 0 Å². The van der Waals surface area contributed by atoms with E-state index in [2.05, 4.69) is 15.2 Å². The summed E-state index contributed by atoms with van der Waals surface area (Å²) in [4.78, 5) is 6.98. The fourth-order valence-electron chi connectivity index (χ4n) is 1.35. The van der Waals surface area contributed by atoms with Crippen LogP contribution in [0.5, 0.6) is 0 Å². The van der Waals surface area contributed by atoms with Gasteiger partial charge < -0.3 is 14.2 Å². The summed E-state index contributed by atoms with van der Waals surface area (Å²) in [5.74, 6) is 1.49. The van der Waals surface area contributed by atoms with Crippen molar-refractivity contribution >= 4 is 11.9 Å². The van der Waals surface area contributed by atoms with Crippen molar-refractivity contribution in [2.75, 3.05) is 30.9 Å². The zero-order valence-corrected chi connectivity index (χ0v) is 9.64. The Kier molecular flexibility index (Phi) is 2.80. The molecule has 2 aromatic heterocycles. The van der Waals surface area contributed by atoms with E-state index in [0.29, 0.717) is 0 Å². The van der Waals surface area contributed by atoms with Gasteiger partial charge in [0.15, 0.2) is 0 Å².